The zero-order valence-corrected chi connectivity index (χ0v) is 7.25. The number of hydrogen-bond donors (Lipinski definition) is 1. The van der Waals surface area contributed by atoms with Crippen LogP contribution in [-0.4, -0.2) is 15.4 Å². The van der Waals surface area contributed by atoms with Gasteiger partial charge < -0.3 is 0 Å². The molecule has 2 rings (SSSR count). The van der Waals surface area contributed by atoms with Gasteiger partial charge in [0.1, 0.15) is 0 Å². The molecule has 64 valence electrons. The molecular weight excluding hydrogens is 150 g/mol. The Kier molecular flexibility index (Phi) is 1.71. The van der Waals surface area contributed by atoms with Crippen molar-refractivity contribution in [2.75, 3.05) is 0 Å². The number of H-pyrrole nitrogens is 1. The highest BCUT2D eigenvalue weighted by atomic mass is 15.3. The third kappa shape index (κ3) is 1.15. The van der Waals surface area contributed by atoms with Crippen LogP contribution in [0.25, 0.3) is 0 Å². The van der Waals surface area contributed by atoms with E-state index in [9.17, 15) is 0 Å². The van der Waals surface area contributed by atoms with E-state index < -0.39 is 0 Å². The molecule has 0 aromatic carbocycles. The molecule has 12 heavy (non-hydrogen) atoms. The van der Waals surface area contributed by atoms with Gasteiger partial charge >= 0.3 is 0 Å². The molecule has 0 radical (unpaired) electrons. The molecule has 0 amide bonds. The molecule has 1 heterocycles. The lowest BCUT2D eigenvalue weighted by atomic mass is 9.78. The number of nitrogens with one attached hydrogen (secondary N) is 1. The number of allylic oxidation sites excluding steroid dienone is 2. The Labute approximate surface area is 71.9 Å². The number of hydrogen-bond acceptors (Lipinski definition) is 2. The SMILES string of the molecule is CC1(c2cn[nH]n2)C=CCCC1. The predicted molar refractivity (Wildman–Crippen MR) is 46.7 cm³/mol. The van der Waals surface area contributed by atoms with E-state index in [1.54, 1.807) is 0 Å². The number of aromatic amines is 1. The highest BCUT2D eigenvalue weighted by Gasteiger charge is 2.27. The van der Waals surface area contributed by atoms with Crippen LogP contribution >= 0.6 is 0 Å². The lowest BCUT2D eigenvalue weighted by Crippen LogP contribution is -2.21. The van der Waals surface area contributed by atoms with Gasteiger partial charge in [0.2, 0.25) is 0 Å². The molecule has 0 saturated heterocycles. The monoisotopic (exact) mass is 163 g/mol. The molecule has 1 N–H and O–H groups in total. The normalized spacial score (nSPS) is 29.1. The van der Waals surface area contributed by atoms with Gasteiger partial charge in [0.05, 0.1) is 11.9 Å². The van der Waals surface area contributed by atoms with Crippen LogP contribution in [0, 0.1) is 0 Å². The summed E-state index contributed by atoms with van der Waals surface area (Å²) < 4.78 is 0. The molecule has 0 aliphatic heterocycles. The van der Waals surface area contributed by atoms with Gasteiger partial charge in [0.15, 0.2) is 0 Å². The van der Waals surface area contributed by atoms with Gasteiger partial charge in [-0.2, -0.15) is 15.4 Å². The zero-order chi connectivity index (χ0) is 8.44. The molecule has 0 bridgehead atoms. The summed E-state index contributed by atoms with van der Waals surface area (Å²) in [5, 5.41) is 10.6. The fraction of sp³-hybridized carbons (Fsp3) is 0.556. The van der Waals surface area contributed by atoms with Gasteiger partial charge in [-0.3, -0.25) is 0 Å². The van der Waals surface area contributed by atoms with E-state index in [1.165, 1.54) is 19.3 Å². The van der Waals surface area contributed by atoms with Gasteiger partial charge in [0, 0.05) is 5.41 Å². The minimum atomic E-state index is 0.116. The summed E-state index contributed by atoms with van der Waals surface area (Å²) >= 11 is 0. The van der Waals surface area contributed by atoms with Crippen molar-refractivity contribution in [3.8, 4) is 0 Å². The third-order valence-electron chi connectivity index (χ3n) is 2.55. The molecule has 0 fully saturated rings. The molecule has 0 saturated carbocycles. The van der Waals surface area contributed by atoms with Crippen LogP contribution < -0.4 is 0 Å². The van der Waals surface area contributed by atoms with Crippen molar-refractivity contribution in [2.45, 2.75) is 31.6 Å². The van der Waals surface area contributed by atoms with E-state index in [-0.39, 0.29) is 5.41 Å². The zero-order valence-electron chi connectivity index (χ0n) is 7.25. The van der Waals surface area contributed by atoms with Crippen LogP contribution in [0.5, 0.6) is 0 Å². The molecule has 1 unspecified atom stereocenters. The van der Waals surface area contributed by atoms with E-state index in [2.05, 4.69) is 34.5 Å². The summed E-state index contributed by atoms with van der Waals surface area (Å²) in [6, 6.07) is 0. The first-order valence-electron chi connectivity index (χ1n) is 4.35. The second-order valence-electron chi connectivity index (χ2n) is 3.57. The van der Waals surface area contributed by atoms with E-state index in [0.717, 1.165) is 5.69 Å². The third-order valence-corrected chi connectivity index (χ3v) is 2.55. The molecule has 1 aliphatic carbocycles. The van der Waals surface area contributed by atoms with Gasteiger partial charge in [-0.1, -0.05) is 19.1 Å². The highest BCUT2D eigenvalue weighted by Crippen LogP contribution is 2.32. The number of aromatic nitrogens is 3. The van der Waals surface area contributed by atoms with Crippen molar-refractivity contribution in [3.63, 3.8) is 0 Å². The summed E-state index contributed by atoms with van der Waals surface area (Å²) in [5.41, 5.74) is 1.17. The topological polar surface area (TPSA) is 41.6 Å². The summed E-state index contributed by atoms with van der Waals surface area (Å²) in [4.78, 5) is 0. The van der Waals surface area contributed by atoms with Crippen LogP contribution in [0.15, 0.2) is 18.3 Å². The summed E-state index contributed by atoms with van der Waals surface area (Å²) in [5.74, 6) is 0. The maximum Gasteiger partial charge on any atom is 0.0921 e. The van der Waals surface area contributed by atoms with E-state index in [4.69, 9.17) is 0 Å². The molecule has 1 atom stereocenters. The first kappa shape index (κ1) is 7.53. The average Bonchev–Trinajstić information content (AvgIpc) is 2.58. The Bertz CT molecular complexity index is 276. The lowest BCUT2D eigenvalue weighted by Gasteiger charge is -2.26. The van der Waals surface area contributed by atoms with Gasteiger partial charge in [-0.15, -0.1) is 0 Å². The summed E-state index contributed by atoms with van der Waals surface area (Å²) in [6.07, 6.45) is 9.92. The van der Waals surface area contributed by atoms with Crippen LogP contribution in [0.2, 0.25) is 0 Å². The molecule has 3 heteroatoms. The molecule has 1 aromatic rings. The molecular formula is C9H13N3. The van der Waals surface area contributed by atoms with Crippen LogP contribution in [0.1, 0.15) is 31.9 Å². The van der Waals surface area contributed by atoms with Crippen LogP contribution in [-0.2, 0) is 5.41 Å². The fourth-order valence-electron chi connectivity index (χ4n) is 1.70. The second kappa shape index (κ2) is 2.73. The van der Waals surface area contributed by atoms with Crippen molar-refractivity contribution in [3.05, 3.63) is 24.0 Å². The van der Waals surface area contributed by atoms with E-state index >= 15 is 0 Å². The van der Waals surface area contributed by atoms with Crippen molar-refractivity contribution >= 4 is 0 Å². The van der Waals surface area contributed by atoms with E-state index in [0.29, 0.717) is 0 Å². The molecule has 1 aromatic heterocycles. The lowest BCUT2D eigenvalue weighted by molar-refractivity contribution is 0.482. The fourth-order valence-corrected chi connectivity index (χ4v) is 1.70. The Morgan fingerprint density at radius 1 is 1.58 bits per heavy atom. The van der Waals surface area contributed by atoms with Gasteiger partial charge in [-0.05, 0) is 19.3 Å². The minimum absolute atomic E-state index is 0.116. The van der Waals surface area contributed by atoms with Gasteiger partial charge in [0.25, 0.3) is 0 Å². The number of rotatable bonds is 1. The van der Waals surface area contributed by atoms with Crippen molar-refractivity contribution < 1.29 is 0 Å². The van der Waals surface area contributed by atoms with Crippen molar-refractivity contribution in [2.24, 2.45) is 0 Å². The quantitative estimate of drug-likeness (QED) is 0.641. The van der Waals surface area contributed by atoms with Crippen molar-refractivity contribution in [1.29, 1.82) is 0 Å². The smallest absolute Gasteiger partial charge is 0.0921 e. The highest BCUT2D eigenvalue weighted by molar-refractivity contribution is 5.21. The Morgan fingerprint density at radius 2 is 2.50 bits per heavy atom. The first-order valence-corrected chi connectivity index (χ1v) is 4.35. The maximum atomic E-state index is 4.12. The van der Waals surface area contributed by atoms with Crippen LogP contribution in [0.4, 0.5) is 0 Å². The molecule has 0 spiro atoms. The Balaban J connectivity index is 2.31. The Morgan fingerprint density at radius 3 is 3.08 bits per heavy atom. The summed E-state index contributed by atoms with van der Waals surface area (Å²) in [7, 11) is 0. The first-order chi connectivity index (χ1) is 5.81. The van der Waals surface area contributed by atoms with Crippen molar-refractivity contribution in [1.82, 2.24) is 15.4 Å². The largest absolute Gasteiger partial charge is 0.198 e. The minimum Gasteiger partial charge on any atom is -0.198 e. The standard InChI is InChI=1S/C9H13N3/c1-9(5-3-2-4-6-9)8-7-10-12-11-8/h3,5,7H,2,4,6H2,1H3,(H,10,11,12). The summed E-state index contributed by atoms with van der Waals surface area (Å²) in [6.45, 7) is 2.21. The Hall–Kier alpha value is -1.12. The molecule has 3 nitrogen and oxygen atoms in total. The maximum absolute atomic E-state index is 4.12. The second-order valence-corrected chi connectivity index (χ2v) is 3.57. The molecule has 1 aliphatic rings. The van der Waals surface area contributed by atoms with E-state index in [1.807, 2.05) is 6.20 Å². The van der Waals surface area contributed by atoms with Gasteiger partial charge in [-0.25, -0.2) is 0 Å². The number of nitrogens with zero attached hydrogens (tertiary/aromatic N) is 2. The van der Waals surface area contributed by atoms with Crippen LogP contribution in [0.3, 0.4) is 0 Å². The average molecular weight is 163 g/mol. The predicted octanol–water partition coefficient (Wildman–Crippen LogP) is 1.80.